The van der Waals surface area contributed by atoms with Crippen LogP contribution in [0, 0.1) is 11.3 Å². The van der Waals surface area contributed by atoms with Gasteiger partial charge in [-0.15, -0.1) is 0 Å². The molecule has 4 nitrogen and oxygen atoms in total. The van der Waals surface area contributed by atoms with Crippen molar-refractivity contribution in [1.29, 1.82) is 5.26 Å². The lowest BCUT2D eigenvalue weighted by atomic mass is 10.0. The first-order valence-electron chi connectivity index (χ1n) is 6.52. The molecule has 0 saturated heterocycles. The molecule has 4 heteroatoms. The van der Waals surface area contributed by atoms with Crippen molar-refractivity contribution in [2.75, 3.05) is 25.2 Å². The first-order valence-corrected chi connectivity index (χ1v) is 6.52. The lowest BCUT2D eigenvalue weighted by Crippen LogP contribution is -2.37. The minimum Gasteiger partial charge on any atom is -0.389 e. The van der Waals surface area contributed by atoms with E-state index in [0.717, 1.165) is 17.8 Å². The number of ether oxygens (including phenoxy) is 1. The molecule has 0 aliphatic heterocycles. The van der Waals surface area contributed by atoms with Gasteiger partial charge in [0.25, 0.3) is 0 Å². The number of hydrogen-bond donors (Lipinski definition) is 1. The minimum absolute atomic E-state index is 0.182. The summed E-state index contributed by atoms with van der Waals surface area (Å²) in [6.07, 6.45) is -0.563. The van der Waals surface area contributed by atoms with Gasteiger partial charge in [-0.25, -0.2) is 0 Å². The van der Waals surface area contributed by atoms with E-state index in [1.165, 1.54) is 0 Å². The maximum absolute atomic E-state index is 9.88. The topological polar surface area (TPSA) is 56.5 Å². The number of anilines is 1. The molecule has 0 heterocycles. The number of benzene rings is 1. The van der Waals surface area contributed by atoms with E-state index in [0.29, 0.717) is 12.2 Å². The highest BCUT2D eigenvalue weighted by molar-refractivity contribution is 5.59. The molecular weight excluding hydrogens is 240 g/mol. The SMILES string of the molecule is CCN(c1cc(C#N)ccc1C(C)O)C(C)COC. The van der Waals surface area contributed by atoms with E-state index >= 15 is 0 Å². The summed E-state index contributed by atoms with van der Waals surface area (Å²) in [4.78, 5) is 2.15. The molecule has 0 radical (unpaired) electrons. The molecular formula is C15H22N2O2. The van der Waals surface area contributed by atoms with Crippen LogP contribution in [0.25, 0.3) is 0 Å². The summed E-state index contributed by atoms with van der Waals surface area (Å²) in [6.45, 7) is 7.25. The van der Waals surface area contributed by atoms with Crippen LogP contribution >= 0.6 is 0 Å². The fraction of sp³-hybridized carbons (Fsp3) is 0.533. The summed E-state index contributed by atoms with van der Waals surface area (Å²) >= 11 is 0. The fourth-order valence-electron chi connectivity index (χ4n) is 2.27. The van der Waals surface area contributed by atoms with Crippen LogP contribution in [0.4, 0.5) is 5.69 Å². The van der Waals surface area contributed by atoms with E-state index in [-0.39, 0.29) is 6.04 Å². The van der Waals surface area contributed by atoms with E-state index in [9.17, 15) is 5.11 Å². The summed E-state index contributed by atoms with van der Waals surface area (Å²) in [7, 11) is 1.67. The summed E-state index contributed by atoms with van der Waals surface area (Å²) in [6, 6.07) is 7.71. The summed E-state index contributed by atoms with van der Waals surface area (Å²) in [5, 5.41) is 18.9. The van der Waals surface area contributed by atoms with Gasteiger partial charge in [0.1, 0.15) is 0 Å². The van der Waals surface area contributed by atoms with Crippen molar-refractivity contribution in [1.82, 2.24) is 0 Å². The molecule has 19 heavy (non-hydrogen) atoms. The highest BCUT2D eigenvalue weighted by Crippen LogP contribution is 2.29. The Hall–Kier alpha value is -1.57. The maximum Gasteiger partial charge on any atom is 0.0992 e. The number of aliphatic hydroxyl groups is 1. The zero-order valence-corrected chi connectivity index (χ0v) is 12.1. The van der Waals surface area contributed by atoms with Crippen LogP contribution in [0.1, 0.15) is 38.0 Å². The van der Waals surface area contributed by atoms with Gasteiger partial charge in [-0.3, -0.25) is 0 Å². The van der Waals surface area contributed by atoms with Gasteiger partial charge < -0.3 is 14.7 Å². The van der Waals surface area contributed by atoms with Crippen molar-refractivity contribution in [3.8, 4) is 6.07 Å². The Bertz CT molecular complexity index is 452. The second-order valence-corrected chi connectivity index (χ2v) is 4.65. The normalized spacial score (nSPS) is 13.7. The quantitative estimate of drug-likeness (QED) is 0.855. The molecule has 0 aliphatic rings. The molecule has 2 unspecified atom stereocenters. The highest BCUT2D eigenvalue weighted by Gasteiger charge is 2.18. The summed E-state index contributed by atoms with van der Waals surface area (Å²) in [5.41, 5.74) is 2.34. The third kappa shape index (κ3) is 3.69. The van der Waals surface area contributed by atoms with Crippen molar-refractivity contribution in [3.05, 3.63) is 29.3 Å². The second-order valence-electron chi connectivity index (χ2n) is 4.65. The molecule has 104 valence electrons. The first-order chi connectivity index (χ1) is 9.04. The molecule has 0 saturated carbocycles. The van der Waals surface area contributed by atoms with Gasteiger partial charge in [0.2, 0.25) is 0 Å². The molecule has 2 atom stereocenters. The van der Waals surface area contributed by atoms with Crippen LogP contribution in [0.3, 0.4) is 0 Å². The van der Waals surface area contributed by atoms with Gasteiger partial charge in [0, 0.05) is 30.9 Å². The maximum atomic E-state index is 9.88. The Morgan fingerprint density at radius 1 is 1.42 bits per heavy atom. The van der Waals surface area contributed by atoms with Gasteiger partial charge in [-0.1, -0.05) is 6.07 Å². The van der Waals surface area contributed by atoms with Gasteiger partial charge in [0.15, 0.2) is 0 Å². The molecule has 0 spiro atoms. The zero-order valence-electron chi connectivity index (χ0n) is 12.1. The molecule has 1 aromatic rings. The number of nitriles is 1. The molecule has 0 amide bonds. The molecule has 0 aliphatic carbocycles. The fourth-order valence-corrected chi connectivity index (χ4v) is 2.27. The highest BCUT2D eigenvalue weighted by atomic mass is 16.5. The first kappa shape index (κ1) is 15.5. The van der Waals surface area contributed by atoms with Gasteiger partial charge in [-0.2, -0.15) is 5.26 Å². The van der Waals surface area contributed by atoms with E-state index in [4.69, 9.17) is 10.00 Å². The van der Waals surface area contributed by atoms with Crippen molar-refractivity contribution in [3.63, 3.8) is 0 Å². The number of rotatable bonds is 6. The molecule has 1 rings (SSSR count). The van der Waals surface area contributed by atoms with Crippen LogP contribution in [0.5, 0.6) is 0 Å². The van der Waals surface area contributed by atoms with Crippen LogP contribution < -0.4 is 4.90 Å². The minimum atomic E-state index is -0.563. The monoisotopic (exact) mass is 262 g/mol. The lowest BCUT2D eigenvalue weighted by Gasteiger charge is -2.32. The summed E-state index contributed by atoms with van der Waals surface area (Å²) in [5.74, 6) is 0. The average Bonchev–Trinajstić information content (AvgIpc) is 2.39. The number of likely N-dealkylation sites (N-methyl/N-ethyl adjacent to an activating group) is 1. The van der Waals surface area contributed by atoms with Crippen LogP contribution in [0.2, 0.25) is 0 Å². The Morgan fingerprint density at radius 2 is 2.11 bits per heavy atom. The van der Waals surface area contributed by atoms with E-state index in [1.807, 2.05) is 12.1 Å². The zero-order chi connectivity index (χ0) is 14.4. The van der Waals surface area contributed by atoms with Crippen molar-refractivity contribution in [2.45, 2.75) is 32.9 Å². The second kappa shape index (κ2) is 7.13. The van der Waals surface area contributed by atoms with Gasteiger partial charge in [0.05, 0.1) is 24.3 Å². The van der Waals surface area contributed by atoms with E-state index < -0.39 is 6.10 Å². The Morgan fingerprint density at radius 3 is 2.58 bits per heavy atom. The average molecular weight is 262 g/mol. The van der Waals surface area contributed by atoms with Crippen LogP contribution in [0.15, 0.2) is 18.2 Å². The molecule has 0 fully saturated rings. The molecule has 0 aromatic heterocycles. The number of nitrogens with zero attached hydrogens (tertiary/aromatic N) is 2. The third-order valence-electron chi connectivity index (χ3n) is 3.20. The standard InChI is InChI=1S/C15H22N2O2/c1-5-17(11(2)10-19-4)15-8-13(9-16)6-7-14(15)12(3)18/h6-8,11-12,18H,5,10H2,1-4H3. The summed E-state index contributed by atoms with van der Waals surface area (Å²) < 4.78 is 5.20. The molecule has 1 aromatic carbocycles. The largest absolute Gasteiger partial charge is 0.389 e. The van der Waals surface area contributed by atoms with Gasteiger partial charge >= 0.3 is 0 Å². The predicted octanol–water partition coefficient (Wildman–Crippen LogP) is 2.47. The third-order valence-corrected chi connectivity index (χ3v) is 3.20. The Kier molecular flexibility index (Phi) is 5.81. The van der Waals surface area contributed by atoms with Crippen LogP contribution in [-0.4, -0.2) is 31.4 Å². The smallest absolute Gasteiger partial charge is 0.0992 e. The predicted molar refractivity (Wildman–Crippen MR) is 76.1 cm³/mol. The van der Waals surface area contributed by atoms with Crippen molar-refractivity contribution >= 4 is 5.69 Å². The molecule has 0 bridgehead atoms. The number of hydrogen-bond acceptors (Lipinski definition) is 4. The van der Waals surface area contributed by atoms with Gasteiger partial charge in [-0.05, 0) is 32.9 Å². The Labute approximate surface area is 115 Å². The van der Waals surface area contributed by atoms with Crippen molar-refractivity contribution < 1.29 is 9.84 Å². The van der Waals surface area contributed by atoms with Crippen molar-refractivity contribution in [2.24, 2.45) is 0 Å². The number of aliphatic hydroxyl groups excluding tert-OH is 1. The number of methoxy groups -OCH3 is 1. The van der Waals surface area contributed by atoms with E-state index in [2.05, 4.69) is 24.8 Å². The molecule has 1 N–H and O–H groups in total. The Balaban J connectivity index is 3.23. The van der Waals surface area contributed by atoms with E-state index in [1.54, 1.807) is 20.1 Å². The van der Waals surface area contributed by atoms with Crippen LogP contribution in [-0.2, 0) is 4.74 Å². The lowest BCUT2D eigenvalue weighted by molar-refractivity contribution is 0.180.